The molecule has 3 nitrogen and oxygen atoms in total. The maximum atomic E-state index is 13.9. The molecule has 0 aliphatic heterocycles. The fourth-order valence-electron chi connectivity index (χ4n) is 4.26. The van der Waals surface area contributed by atoms with Crippen molar-refractivity contribution in [3.05, 3.63) is 68.8 Å². The van der Waals surface area contributed by atoms with Crippen molar-refractivity contribution in [2.75, 3.05) is 6.61 Å². The molecule has 5 heteroatoms. The number of aryl methyl sites for hydroxylation is 6. The molecule has 0 saturated heterocycles. The number of hydrogen-bond donors (Lipinski definition) is 0. The summed E-state index contributed by atoms with van der Waals surface area (Å²) < 4.78 is 6.11. The molecule has 2 aromatic carbocycles. The Morgan fingerprint density at radius 1 is 0.759 bits per heavy atom. The van der Waals surface area contributed by atoms with Gasteiger partial charge in [-0.2, -0.15) is 0 Å². The predicted molar refractivity (Wildman–Crippen MR) is 126 cm³/mol. The average molecular weight is 429 g/mol. The molecule has 0 spiro atoms. The van der Waals surface area contributed by atoms with Gasteiger partial charge in [0.25, 0.3) is 0 Å². The Morgan fingerprint density at radius 3 is 1.34 bits per heavy atom. The van der Waals surface area contributed by atoms with Crippen molar-refractivity contribution in [3.8, 4) is 0 Å². The first-order valence-corrected chi connectivity index (χ1v) is 15.2. The average Bonchev–Trinajstić information content (AvgIpc) is 2.52. The summed E-state index contributed by atoms with van der Waals surface area (Å²) in [4.78, 5) is 27.8. The van der Waals surface area contributed by atoms with Crippen molar-refractivity contribution in [2.45, 2.75) is 61.6 Å². The van der Waals surface area contributed by atoms with E-state index >= 15 is 0 Å². The van der Waals surface area contributed by atoms with Crippen LogP contribution < -0.4 is 0 Å². The highest BCUT2D eigenvalue weighted by Gasteiger charge is 2.45. The Labute approximate surface area is 177 Å². The highest BCUT2D eigenvalue weighted by Crippen LogP contribution is 2.53. The van der Waals surface area contributed by atoms with E-state index in [0.717, 1.165) is 33.4 Å². The van der Waals surface area contributed by atoms with Crippen molar-refractivity contribution in [1.82, 2.24) is 0 Å². The van der Waals surface area contributed by atoms with Crippen molar-refractivity contribution in [2.24, 2.45) is 0 Å². The Kier molecular flexibility index (Phi) is 7.37. The van der Waals surface area contributed by atoms with E-state index in [4.69, 9.17) is 4.43 Å². The summed E-state index contributed by atoms with van der Waals surface area (Å²) in [6.07, 6.45) is 0. The number of benzene rings is 2. The molecule has 0 saturated carbocycles. The molecule has 29 heavy (non-hydrogen) atoms. The molecule has 0 amide bonds. The van der Waals surface area contributed by atoms with Gasteiger partial charge < -0.3 is 4.43 Å². The topological polar surface area (TPSA) is 43.4 Å². The maximum Gasteiger partial charge on any atom is 0.228 e. The normalized spacial score (nSPS) is 11.8. The summed E-state index contributed by atoms with van der Waals surface area (Å²) in [7, 11) is -4.21. The number of carbonyl (C=O) groups is 2. The van der Waals surface area contributed by atoms with E-state index < -0.39 is 15.5 Å². The van der Waals surface area contributed by atoms with Crippen LogP contribution in [0.3, 0.4) is 0 Å². The molecule has 0 bridgehead atoms. The van der Waals surface area contributed by atoms with Gasteiger partial charge in [-0.25, -0.2) is 0 Å². The highest BCUT2D eigenvalue weighted by molar-refractivity contribution is 8.15. The molecule has 2 rings (SSSR count). The molecule has 0 N–H and O–H groups in total. The molecule has 0 fully saturated rings. The van der Waals surface area contributed by atoms with Gasteiger partial charge in [-0.3, -0.25) is 9.59 Å². The van der Waals surface area contributed by atoms with Gasteiger partial charge in [0.2, 0.25) is 7.98 Å². The van der Waals surface area contributed by atoms with Gasteiger partial charge in [-0.1, -0.05) is 35.4 Å². The van der Waals surface area contributed by atoms with E-state index in [0.29, 0.717) is 17.7 Å². The lowest BCUT2D eigenvalue weighted by molar-refractivity contribution is 0.105. The summed E-state index contributed by atoms with van der Waals surface area (Å²) >= 11 is 0. The van der Waals surface area contributed by atoms with Crippen LogP contribution in [0.15, 0.2) is 24.3 Å². The van der Waals surface area contributed by atoms with Gasteiger partial charge in [-0.05, 0) is 83.8 Å². The zero-order valence-electron chi connectivity index (χ0n) is 19.2. The van der Waals surface area contributed by atoms with Crippen LogP contribution in [0.5, 0.6) is 0 Å². The fourth-order valence-corrected chi connectivity index (χ4v) is 11.8. The van der Waals surface area contributed by atoms with Gasteiger partial charge in [0.05, 0.1) is 7.47 Å². The summed E-state index contributed by atoms with van der Waals surface area (Å²) in [6, 6.07) is 8.09. The molecule has 0 atom stereocenters. The molecular formula is C24H33O3PSi. The Balaban J connectivity index is 2.69. The van der Waals surface area contributed by atoms with Crippen molar-refractivity contribution in [3.63, 3.8) is 0 Å². The Bertz CT molecular complexity index is 847. The largest absolute Gasteiger partial charge is 0.413 e. The first-order valence-electron chi connectivity index (χ1n) is 10.1. The molecule has 0 aliphatic rings. The van der Waals surface area contributed by atoms with E-state index in [1.807, 2.05) is 85.8 Å². The monoisotopic (exact) mass is 428 g/mol. The molecule has 0 aliphatic carbocycles. The summed E-state index contributed by atoms with van der Waals surface area (Å²) in [5.74, 6) is 0. The summed E-state index contributed by atoms with van der Waals surface area (Å²) in [5.41, 5.74) is 7.30. The minimum Gasteiger partial charge on any atom is -0.413 e. The molecule has 0 unspecified atom stereocenters. The molecule has 0 radical (unpaired) electrons. The van der Waals surface area contributed by atoms with E-state index in [-0.39, 0.29) is 11.0 Å². The summed E-state index contributed by atoms with van der Waals surface area (Å²) in [5, 5.41) is 0. The highest BCUT2D eigenvalue weighted by atomic mass is 31.4. The molecule has 2 aromatic rings. The summed E-state index contributed by atoms with van der Waals surface area (Å²) in [6.45, 7) is 18.4. The van der Waals surface area contributed by atoms with Gasteiger partial charge in [0.1, 0.15) is 0 Å². The third-order valence-corrected chi connectivity index (χ3v) is 13.4. The van der Waals surface area contributed by atoms with Crippen LogP contribution in [0.4, 0.5) is 0 Å². The molecule has 0 heterocycles. The predicted octanol–water partition coefficient (Wildman–Crippen LogP) is 6.74. The number of carbonyl (C=O) groups excluding carboxylic acids is 2. The molecule has 156 valence electrons. The zero-order valence-corrected chi connectivity index (χ0v) is 21.1. The van der Waals surface area contributed by atoms with E-state index in [1.165, 1.54) is 0 Å². The van der Waals surface area contributed by atoms with Crippen molar-refractivity contribution >= 4 is 26.5 Å². The zero-order chi connectivity index (χ0) is 22.1. The van der Waals surface area contributed by atoms with Gasteiger partial charge in [-0.15, -0.1) is 0 Å². The number of hydrogen-bond acceptors (Lipinski definition) is 3. The van der Waals surface area contributed by atoms with Crippen molar-refractivity contribution in [1.29, 1.82) is 0 Å². The lowest BCUT2D eigenvalue weighted by Gasteiger charge is -2.31. The quantitative estimate of drug-likeness (QED) is 0.362. The number of rotatable bonds is 7. The second kappa shape index (κ2) is 9.03. The van der Waals surface area contributed by atoms with E-state index in [2.05, 4.69) is 0 Å². The second-order valence-electron chi connectivity index (χ2n) is 8.37. The van der Waals surface area contributed by atoms with Crippen LogP contribution in [0.2, 0.25) is 13.1 Å². The lowest BCUT2D eigenvalue weighted by Crippen LogP contribution is -2.35. The van der Waals surface area contributed by atoms with Crippen LogP contribution >= 0.6 is 7.47 Å². The minimum atomic E-state index is -2.58. The molecule has 0 aromatic heterocycles. The molecular weight excluding hydrogens is 395 g/mol. The Morgan fingerprint density at radius 2 is 1.07 bits per heavy atom. The SMILES string of the molecule is CCO[Si](C)(C)P(C(=O)c1c(C)cc(C)cc1C)C(=O)c1c(C)cc(C)cc1C. The van der Waals surface area contributed by atoms with Crippen LogP contribution in [-0.2, 0) is 4.43 Å². The first-order chi connectivity index (χ1) is 13.4. The van der Waals surface area contributed by atoms with Gasteiger partial charge in [0, 0.05) is 17.7 Å². The van der Waals surface area contributed by atoms with Crippen LogP contribution in [0, 0.1) is 41.5 Å². The fraction of sp³-hybridized carbons (Fsp3) is 0.417. The lowest BCUT2D eigenvalue weighted by atomic mass is 10.0. The van der Waals surface area contributed by atoms with Crippen molar-refractivity contribution < 1.29 is 14.0 Å². The van der Waals surface area contributed by atoms with Crippen LogP contribution in [0.1, 0.15) is 61.0 Å². The van der Waals surface area contributed by atoms with E-state index in [1.54, 1.807) is 0 Å². The van der Waals surface area contributed by atoms with E-state index in [9.17, 15) is 9.59 Å². The standard InChI is InChI=1S/C24H33O3PSi/c1-10-27-29(8,9)28(23(25)21-17(4)11-15(2)12-18(21)5)24(26)22-19(6)13-16(3)14-20(22)7/h11-14H,10H2,1-9H3. The Hall–Kier alpha value is -1.61. The second-order valence-corrected chi connectivity index (χ2v) is 17.6. The van der Waals surface area contributed by atoms with Gasteiger partial charge in [0.15, 0.2) is 11.0 Å². The first kappa shape index (κ1) is 23.7. The van der Waals surface area contributed by atoms with Crippen LogP contribution in [0.25, 0.3) is 0 Å². The minimum absolute atomic E-state index is 0.0375. The third-order valence-electron chi connectivity index (χ3n) is 5.22. The van der Waals surface area contributed by atoms with Crippen LogP contribution in [-0.4, -0.2) is 25.6 Å². The third kappa shape index (κ3) is 4.94. The smallest absolute Gasteiger partial charge is 0.228 e. The maximum absolute atomic E-state index is 13.9. The van der Waals surface area contributed by atoms with Gasteiger partial charge >= 0.3 is 0 Å².